The van der Waals surface area contributed by atoms with Crippen LogP contribution in [0.5, 0.6) is 0 Å². The Balaban J connectivity index is 3.31. The molecule has 0 spiro atoms. The Morgan fingerprint density at radius 2 is 1.88 bits per heavy atom. The van der Waals surface area contributed by atoms with E-state index in [-0.39, 0.29) is 10.6 Å². The monoisotopic (exact) mass is 258 g/mol. The topological polar surface area (TPSA) is 54.4 Å². The molecular weight excluding hydrogens is 247 g/mol. The molecule has 5 heteroatoms. The van der Waals surface area contributed by atoms with Gasteiger partial charge in [0.15, 0.2) is 5.78 Å². The van der Waals surface area contributed by atoms with Gasteiger partial charge < -0.3 is 5.11 Å². The number of carbonyl (C=O) groups is 2. The van der Waals surface area contributed by atoms with E-state index in [1.165, 1.54) is 26.8 Å². The van der Waals surface area contributed by atoms with Crippen molar-refractivity contribution in [1.82, 2.24) is 0 Å². The number of benzene rings is 1. The van der Waals surface area contributed by atoms with Crippen LogP contribution in [-0.2, 0) is 4.79 Å². The number of carbonyl (C=O) groups excluding carboxylic acids is 1. The zero-order chi connectivity index (χ0) is 13.4. The first-order chi connectivity index (χ1) is 7.67. The van der Waals surface area contributed by atoms with E-state index in [1.54, 1.807) is 0 Å². The van der Waals surface area contributed by atoms with E-state index in [0.29, 0.717) is 5.56 Å². The number of carboxylic acids is 1. The van der Waals surface area contributed by atoms with E-state index in [0.717, 1.165) is 6.07 Å². The van der Waals surface area contributed by atoms with Crippen molar-refractivity contribution < 1.29 is 19.1 Å². The first-order valence-corrected chi connectivity index (χ1v) is 5.29. The summed E-state index contributed by atoms with van der Waals surface area (Å²) in [4.78, 5) is 22.9. The number of halogens is 2. The summed E-state index contributed by atoms with van der Waals surface area (Å²) < 4.78 is 13.4. The third kappa shape index (κ3) is 2.47. The maximum atomic E-state index is 13.4. The van der Waals surface area contributed by atoms with Crippen molar-refractivity contribution in [3.05, 3.63) is 34.1 Å². The summed E-state index contributed by atoms with van der Waals surface area (Å²) in [5.74, 6) is -2.58. The standard InChI is InChI=1S/C12H12ClFO3/c1-6-4-8(13)7(5-9(6)14)10(15)12(2,3)11(16)17/h4-5H,1-3H3,(H,16,17). The van der Waals surface area contributed by atoms with Crippen LogP contribution in [0.3, 0.4) is 0 Å². The van der Waals surface area contributed by atoms with Gasteiger partial charge in [-0.3, -0.25) is 9.59 Å². The van der Waals surface area contributed by atoms with Gasteiger partial charge in [0, 0.05) is 5.56 Å². The Morgan fingerprint density at radius 1 is 1.35 bits per heavy atom. The number of aliphatic carboxylic acids is 1. The largest absolute Gasteiger partial charge is 0.481 e. The van der Waals surface area contributed by atoms with E-state index in [2.05, 4.69) is 0 Å². The highest BCUT2D eigenvalue weighted by Gasteiger charge is 2.37. The second-order valence-corrected chi connectivity index (χ2v) is 4.75. The van der Waals surface area contributed by atoms with Gasteiger partial charge in [0.1, 0.15) is 11.2 Å². The highest BCUT2D eigenvalue weighted by Crippen LogP contribution is 2.28. The molecule has 0 aliphatic heterocycles. The van der Waals surface area contributed by atoms with Crippen LogP contribution in [-0.4, -0.2) is 16.9 Å². The average Bonchev–Trinajstić information content (AvgIpc) is 2.22. The molecule has 0 aliphatic carbocycles. The van der Waals surface area contributed by atoms with Gasteiger partial charge in [0.2, 0.25) is 0 Å². The van der Waals surface area contributed by atoms with Crippen molar-refractivity contribution >= 4 is 23.4 Å². The van der Waals surface area contributed by atoms with Gasteiger partial charge in [-0.05, 0) is 38.5 Å². The zero-order valence-electron chi connectivity index (χ0n) is 9.67. The highest BCUT2D eigenvalue weighted by atomic mass is 35.5. The lowest BCUT2D eigenvalue weighted by atomic mass is 9.84. The molecule has 0 saturated heterocycles. The molecule has 0 saturated carbocycles. The molecule has 3 nitrogen and oxygen atoms in total. The maximum Gasteiger partial charge on any atom is 0.316 e. The maximum absolute atomic E-state index is 13.4. The summed E-state index contributed by atoms with van der Waals surface area (Å²) >= 11 is 5.83. The Hall–Kier alpha value is -1.42. The minimum atomic E-state index is -1.63. The molecule has 1 aromatic rings. The molecule has 0 unspecified atom stereocenters. The van der Waals surface area contributed by atoms with Crippen LogP contribution in [0.1, 0.15) is 29.8 Å². The van der Waals surface area contributed by atoms with Crippen LogP contribution in [0.15, 0.2) is 12.1 Å². The Morgan fingerprint density at radius 3 is 2.35 bits per heavy atom. The van der Waals surface area contributed by atoms with E-state index in [1.807, 2.05) is 0 Å². The van der Waals surface area contributed by atoms with E-state index in [9.17, 15) is 14.0 Å². The molecule has 0 aliphatic rings. The van der Waals surface area contributed by atoms with Gasteiger partial charge in [0.05, 0.1) is 5.02 Å². The van der Waals surface area contributed by atoms with Crippen molar-refractivity contribution in [3.8, 4) is 0 Å². The fraction of sp³-hybridized carbons (Fsp3) is 0.333. The Kier molecular flexibility index (Phi) is 3.57. The molecular formula is C12H12ClFO3. The summed E-state index contributed by atoms with van der Waals surface area (Å²) in [6.07, 6.45) is 0. The molecule has 92 valence electrons. The zero-order valence-corrected chi connectivity index (χ0v) is 10.4. The van der Waals surface area contributed by atoms with Crippen LogP contribution in [0.2, 0.25) is 5.02 Å². The summed E-state index contributed by atoms with van der Waals surface area (Å²) in [6.45, 7) is 4.02. The Bertz CT molecular complexity index is 495. The number of rotatable bonds is 3. The summed E-state index contributed by atoms with van der Waals surface area (Å²) in [6, 6.07) is 2.28. The Labute approximate surface area is 103 Å². The molecule has 1 rings (SSSR count). The normalized spacial score (nSPS) is 11.4. The minimum Gasteiger partial charge on any atom is -0.481 e. The van der Waals surface area contributed by atoms with Crippen LogP contribution in [0, 0.1) is 18.2 Å². The molecule has 17 heavy (non-hydrogen) atoms. The predicted octanol–water partition coefficient (Wildman–Crippen LogP) is 3.08. The van der Waals surface area contributed by atoms with Crippen molar-refractivity contribution in [2.45, 2.75) is 20.8 Å². The van der Waals surface area contributed by atoms with Crippen LogP contribution in [0.4, 0.5) is 4.39 Å². The third-order valence-electron chi connectivity index (χ3n) is 2.60. The molecule has 0 bridgehead atoms. The summed E-state index contributed by atoms with van der Waals surface area (Å²) in [7, 11) is 0. The lowest BCUT2D eigenvalue weighted by molar-refractivity contribution is -0.144. The number of hydrogen-bond acceptors (Lipinski definition) is 2. The lowest BCUT2D eigenvalue weighted by Gasteiger charge is -2.18. The fourth-order valence-electron chi connectivity index (χ4n) is 1.25. The molecule has 0 aromatic heterocycles. The first-order valence-electron chi connectivity index (χ1n) is 4.91. The van der Waals surface area contributed by atoms with E-state index < -0.39 is 23.0 Å². The SMILES string of the molecule is Cc1cc(Cl)c(C(=O)C(C)(C)C(=O)O)cc1F. The van der Waals surface area contributed by atoms with Crippen LogP contribution >= 0.6 is 11.6 Å². The third-order valence-corrected chi connectivity index (χ3v) is 2.91. The molecule has 1 aromatic carbocycles. The van der Waals surface area contributed by atoms with Crippen molar-refractivity contribution in [2.75, 3.05) is 0 Å². The number of hydrogen-bond donors (Lipinski definition) is 1. The van der Waals surface area contributed by atoms with Gasteiger partial charge in [-0.1, -0.05) is 11.6 Å². The van der Waals surface area contributed by atoms with Crippen LogP contribution in [0.25, 0.3) is 0 Å². The summed E-state index contributed by atoms with van der Waals surface area (Å²) in [5, 5.41) is 8.99. The second-order valence-electron chi connectivity index (χ2n) is 4.34. The van der Waals surface area contributed by atoms with Gasteiger partial charge in [-0.2, -0.15) is 0 Å². The molecule has 0 heterocycles. The van der Waals surface area contributed by atoms with Gasteiger partial charge in [-0.25, -0.2) is 4.39 Å². The van der Waals surface area contributed by atoms with Gasteiger partial charge in [0.25, 0.3) is 0 Å². The smallest absolute Gasteiger partial charge is 0.316 e. The van der Waals surface area contributed by atoms with Gasteiger partial charge >= 0.3 is 5.97 Å². The molecule has 0 atom stereocenters. The molecule has 0 fully saturated rings. The minimum absolute atomic E-state index is 0.0585. The van der Waals surface area contributed by atoms with Crippen molar-refractivity contribution in [2.24, 2.45) is 5.41 Å². The number of carboxylic acid groups (broad SMARTS) is 1. The molecule has 0 radical (unpaired) electrons. The highest BCUT2D eigenvalue weighted by molar-refractivity contribution is 6.34. The van der Waals surface area contributed by atoms with E-state index in [4.69, 9.17) is 16.7 Å². The fourth-order valence-corrected chi connectivity index (χ4v) is 1.56. The van der Waals surface area contributed by atoms with Crippen LogP contribution < -0.4 is 0 Å². The van der Waals surface area contributed by atoms with Crippen molar-refractivity contribution in [1.29, 1.82) is 0 Å². The number of aryl methyl sites for hydroxylation is 1. The quantitative estimate of drug-likeness (QED) is 0.670. The second kappa shape index (κ2) is 4.45. The first kappa shape index (κ1) is 13.6. The number of ketones is 1. The molecule has 0 amide bonds. The predicted molar refractivity (Wildman–Crippen MR) is 61.9 cm³/mol. The van der Waals surface area contributed by atoms with Crippen molar-refractivity contribution in [3.63, 3.8) is 0 Å². The molecule has 1 N–H and O–H groups in total. The lowest BCUT2D eigenvalue weighted by Crippen LogP contribution is -2.33. The average molecular weight is 259 g/mol. The summed E-state index contributed by atoms with van der Waals surface area (Å²) in [5.41, 5.74) is -1.44. The van der Waals surface area contributed by atoms with E-state index >= 15 is 0 Å². The number of Topliss-reactive ketones (excluding diaryl/α,β-unsaturated/α-hetero) is 1. The van der Waals surface area contributed by atoms with Gasteiger partial charge in [-0.15, -0.1) is 0 Å².